The van der Waals surface area contributed by atoms with E-state index in [1.54, 1.807) is 16.7 Å². The van der Waals surface area contributed by atoms with Crippen LogP contribution in [-0.4, -0.2) is 0 Å². The van der Waals surface area contributed by atoms with Crippen LogP contribution in [0.25, 0.3) is 0 Å². The van der Waals surface area contributed by atoms with E-state index in [1.165, 1.54) is 89.0 Å². The molecule has 0 aromatic heterocycles. The molecule has 1 aromatic rings. The van der Waals surface area contributed by atoms with Gasteiger partial charge >= 0.3 is 0 Å². The zero-order chi connectivity index (χ0) is 19.6. The van der Waals surface area contributed by atoms with E-state index in [2.05, 4.69) is 46.8 Å². The average molecular weight is 371 g/mol. The monoisotopic (exact) mass is 370 g/mol. The summed E-state index contributed by atoms with van der Waals surface area (Å²) in [5, 5.41) is 0. The summed E-state index contributed by atoms with van der Waals surface area (Å²) in [7, 11) is 0. The molecule has 2 rings (SSSR count). The van der Waals surface area contributed by atoms with Crippen molar-refractivity contribution < 1.29 is 0 Å². The van der Waals surface area contributed by atoms with E-state index < -0.39 is 0 Å². The van der Waals surface area contributed by atoms with Crippen LogP contribution in [-0.2, 0) is 12.8 Å². The van der Waals surface area contributed by atoms with Crippen molar-refractivity contribution in [3.05, 3.63) is 34.4 Å². The summed E-state index contributed by atoms with van der Waals surface area (Å²) >= 11 is 0. The average Bonchev–Trinajstić information content (AvgIpc) is 2.70. The maximum atomic E-state index is 2.55. The first-order valence-corrected chi connectivity index (χ1v) is 12.3. The minimum absolute atomic E-state index is 0.805. The fourth-order valence-electron chi connectivity index (χ4n) is 5.66. The summed E-state index contributed by atoms with van der Waals surface area (Å²) in [6.45, 7) is 11.8. The molecule has 27 heavy (non-hydrogen) atoms. The van der Waals surface area contributed by atoms with Gasteiger partial charge in [0.05, 0.1) is 0 Å². The van der Waals surface area contributed by atoms with Crippen molar-refractivity contribution in [3.8, 4) is 0 Å². The Bertz CT molecular complexity index is 535. The Morgan fingerprint density at radius 1 is 0.926 bits per heavy atom. The van der Waals surface area contributed by atoms with Crippen LogP contribution in [0.4, 0.5) is 0 Å². The normalized spacial score (nSPS) is 17.8. The molecule has 1 aromatic carbocycles. The van der Waals surface area contributed by atoms with Gasteiger partial charge in [-0.05, 0) is 79.0 Å². The van der Waals surface area contributed by atoms with Gasteiger partial charge in [-0.15, -0.1) is 0 Å². The molecule has 0 heteroatoms. The zero-order valence-electron chi connectivity index (χ0n) is 19.1. The third-order valence-corrected chi connectivity index (χ3v) is 7.30. The Morgan fingerprint density at radius 3 is 2.26 bits per heavy atom. The van der Waals surface area contributed by atoms with Crippen molar-refractivity contribution in [1.29, 1.82) is 0 Å². The van der Waals surface area contributed by atoms with Crippen LogP contribution in [0.3, 0.4) is 0 Å². The Hall–Kier alpha value is -0.780. The van der Waals surface area contributed by atoms with Gasteiger partial charge in [-0.1, -0.05) is 91.2 Å². The quantitative estimate of drug-likeness (QED) is 0.365. The van der Waals surface area contributed by atoms with E-state index in [0.717, 1.165) is 17.8 Å². The fraction of sp³-hybridized carbons (Fsp3) is 0.778. The molecule has 2 atom stereocenters. The summed E-state index contributed by atoms with van der Waals surface area (Å²) in [4.78, 5) is 0. The molecule has 0 aliphatic heterocycles. The maximum absolute atomic E-state index is 2.55. The summed E-state index contributed by atoms with van der Waals surface area (Å²) < 4.78 is 0. The largest absolute Gasteiger partial charge is 0.0654 e. The molecule has 1 fully saturated rings. The fourth-order valence-corrected chi connectivity index (χ4v) is 5.66. The summed E-state index contributed by atoms with van der Waals surface area (Å²) in [5.41, 5.74) is 6.67. The van der Waals surface area contributed by atoms with Crippen molar-refractivity contribution in [2.75, 3.05) is 0 Å². The molecular formula is C27H46. The minimum atomic E-state index is 0.805. The van der Waals surface area contributed by atoms with Crippen LogP contribution in [0.1, 0.15) is 126 Å². The second-order valence-electron chi connectivity index (χ2n) is 9.19. The molecule has 0 bridgehead atoms. The minimum Gasteiger partial charge on any atom is -0.0654 e. The van der Waals surface area contributed by atoms with Gasteiger partial charge in [-0.2, -0.15) is 0 Å². The molecule has 0 amide bonds. The van der Waals surface area contributed by atoms with E-state index in [4.69, 9.17) is 0 Å². The van der Waals surface area contributed by atoms with Gasteiger partial charge < -0.3 is 0 Å². The predicted octanol–water partition coefficient (Wildman–Crippen LogP) is 8.78. The highest BCUT2D eigenvalue weighted by atomic mass is 14.3. The molecule has 0 nitrogen and oxygen atoms in total. The molecule has 1 saturated carbocycles. The third kappa shape index (κ3) is 6.10. The van der Waals surface area contributed by atoms with Crippen LogP contribution in [0.15, 0.2) is 12.1 Å². The Morgan fingerprint density at radius 2 is 1.67 bits per heavy atom. The van der Waals surface area contributed by atoms with Crippen molar-refractivity contribution in [2.45, 2.75) is 124 Å². The van der Waals surface area contributed by atoms with E-state index >= 15 is 0 Å². The van der Waals surface area contributed by atoms with Crippen molar-refractivity contribution in [2.24, 2.45) is 11.8 Å². The second kappa shape index (κ2) is 11.9. The van der Waals surface area contributed by atoms with E-state index in [-0.39, 0.29) is 0 Å². The molecule has 0 radical (unpaired) electrons. The van der Waals surface area contributed by atoms with Gasteiger partial charge in [0.1, 0.15) is 0 Å². The number of benzene rings is 1. The highest BCUT2D eigenvalue weighted by molar-refractivity contribution is 5.43. The zero-order valence-corrected chi connectivity index (χ0v) is 19.1. The molecule has 1 aliphatic rings. The smallest absolute Gasteiger partial charge is 0.0128 e. The first-order chi connectivity index (χ1) is 13.2. The maximum Gasteiger partial charge on any atom is -0.0128 e. The lowest BCUT2D eigenvalue weighted by atomic mass is 9.70. The number of hydrogen-bond acceptors (Lipinski definition) is 0. The topological polar surface area (TPSA) is 0 Å². The van der Waals surface area contributed by atoms with Crippen LogP contribution < -0.4 is 0 Å². The molecule has 154 valence electrons. The summed E-state index contributed by atoms with van der Waals surface area (Å²) in [6, 6.07) is 4.99. The molecular weight excluding hydrogens is 324 g/mol. The predicted molar refractivity (Wildman–Crippen MR) is 122 cm³/mol. The lowest BCUT2D eigenvalue weighted by molar-refractivity contribution is 0.257. The van der Waals surface area contributed by atoms with Gasteiger partial charge in [0.2, 0.25) is 0 Å². The Kier molecular flexibility index (Phi) is 9.94. The first-order valence-electron chi connectivity index (χ1n) is 12.3. The standard InChI is InChI=1S/C27H46/c1-6-10-15-22(8-3)20-27(23-16-12-11-13-17-23)26-19-18-21(5)24(9-4)25(26)14-7-2/h18-19,22-23,27H,6-17,20H2,1-5H3. The second-order valence-corrected chi connectivity index (χ2v) is 9.19. The number of unbranched alkanes of at least 4 members (excludes halogenated alkanes) is 1. The lowest BCUT2D eigenvalue weighted by Crippen LogP contribution is -2.21. The van der Waals surface area contributed by atoms with E-state index in [9.17, 15) is 0 Å². The van der Waals surface area contributed by atoms with Gasteiger partial charge in [0.25, 0.3) is 0 Å². The van der Waals surface area contributed by atoms with Gasteiger partial charge in [-0.3, -0.25) is 0 Å². The van der Waals surface area contributed by atoms with Crippen LogP contribution in [0.5, 0.6) is 0 Å². The van der Waals surface area contributed by atoms with Crippen molar-refractivity contribution >= 4 is 0 Å². The number of rotatable bonds is 11. The number of hydrogen-bond donors (Lipinski definition) is 0. The highest BCUT2D eigenvalue weighted by Crippen LogP contribution is 2.43. The van der Waals surface area contributed by atoms with Crippen LogP contribution in [0, 0.1) is 18.8 Å². The molecule has 0 N–H and O–H groups in total. The van der Waals surface area contributed by atoms with Crippen LogP contribution >= 0.6 is 0 Å². The first kappa shape index (κ1) is 22.5. The highest BCUT2D eigenvalue weighted by Gasteiger charge is 2.29. The molecule has 0 saturated heterocycles. The third-order valence-electron chi connectivity index (χ3n) is 7.30. The van der Waals surface area contributed by atoms with E-state index in [1.807, 2.05) is 0 Å². The molecule has 0 spiro atoms. The van der Waals surface area contributed by atoms with Gasteiger partial charge in [0, 0.05) is 0 Å². The van der Waals surface area contributed by atoms with Gasteiger partial charge in [0.15, 0.2) is 0 Å². The summed E-state index contributed by atoms with van der Waals surface area (Å²) in [5.74, 6) is 2.65. The molecule has 0 heterocycles. The van der Waals surface area contributed by atoms with Crippen molar-refractivity contribution in [3.63, 3.8) is 0 Å². The van der Waals surface area contributed by atoms with Crippen LogP contribution in [0.2, 0.25) is 0 Å². The number of aryl methyl sites for hydroxylation is 1. The Labute approximate surface area is 170 Å². The lowest BCUT2D eigenvalue weighted by Gasteiger charge is -2.35. The molecule has 2 unspecified atom stereocenters. The Balaban J connectivity index is 2.39. The SMILES string of the molecule is CCCCC(CC)CC(c1ccc(C)c(CC)c1CCC)C1CCCCC1. The van der Waals surface area contributed by atoms with Crippen molar-refractivity contribution in [1.82, 2.24) is 0 Å². The van der Waals surface area contributed by atoms with E-state index in [0.29, 0.717) is 0 Å². The summed E-state index contributed by atoms with van der Waals surface area (Å²) in [6.07, 6.45) is 18.0. The molecule has 1 aliphatic carbocycles. The van der Waals surface area contributed by atoms with Gasteiger partial charge in [-0.25, -0.2) is 0 Å².